The van der Waals surface area contributed by atoms with Gasteiger partial charge in [0.25, 0.3) is 0 Å². The van der Waals surface area contributed by atoms with Crippen LogP contribution in [0.25, 0.3) is 0 Å². The maximum Gasteiger partial charge on any atom is 0.158 e. The highest BCUT2D eigenvalue weighted by Gasteiger charge is 2.24. The van der Waals surface area contributed by atoms with Crippen molar-refractivity contribution in [3.8, 4) is 0 Å². The highest BCUT2D eigenvalue weighted by molar-refractivity contribution is 5.96. The van der Waals surface area contributed by atoms with Crippen LogP contribution in [-0.4, -0.2) is 5.78 Å². The third kappa shape index (κ3) is 2.20. The molecule has 1 rings (SSSR count). The molecule has 68 valence electrons. The number of carbonyl (C=O) groups is 1. The fraction of sp³-hybridized carbons (Fsp3) is 0.727. The molecule has 0 saturated heterocycles. The Hall–Kier alpha value is -0.590. The summed E-state index contributed by atoms with van der Waals surface area (Å²) in [5.41, 5.74) is 1.31. The van der Waals surface area contributed by atoms with E-state index in [2.05, 4.69) is 26.8 Å². The second-order valence-electron chi connectivity index (χ2n) is 4.33. The second kappa shape index (κ2) is 3.42. The first kappa shape index (κ1) is 9.50. The maximum absolute atomic E-state index is 11.4. The quantitative estimate of drug-likeness (QED) is 0.616. The van der Waals surface area contributed by atoms with Gasteiger partial charge in [0.1, 0.15) is 0 Å². The van der Waals surface area contributed by atoms with Gasteiger partial charge in [0.2, 0.25) is 0 Å². The average Bonchev–Trinajstić information content (AvgIpc) is 1.97. The summed E-state index contributed by atoms with van der Waals surface area (Å²) < 4.78 is 0. The first-order valence-corrected chi connectivity index (χ1v) is 4.80. The molecular weight excluding hydrogens is 148 g/mol. The summed E-state index contributed by atoms with van der Waals surface area (Å²) in [5, 5.41) is 0. The third-order valence-electron chi connectivity index (χ3n) is 2.44. The van der Waals surface area contributed by atoms with E-state index in [0.29, 0.717) is 5.78 Å². The predicted octanol–water partition coefficient (Wildman–Crippen LogP) is 3.10. The Morgan fingerprint density at radius 3 is 2.75 bits per heavy atom. The summed E-state index contributed by atoms with van der Waals surface area (Å²) in [4.78, 5) is 11.4. The molecule has 0 N–H and O–H groups in total. The van der Waals surface area contributed by atoms with Crippen molar-refractivity contribution < 1.29 is 4.79 Å². The number of hydrogen-bond donors (Lipinski definition) is 0. The summed E-state index contributed by atoms with van der Waals surface area (Å²) in [6.45, 7) is 6.53. The molecule has 0 saturated carbocycles. The highest BCUT2D eigenvalue weighted by atomic mass is 16.1. The third-order valence-corrected chi connectivity index (χ3v) is 2.44. The fourth-order valence-electron chi connectivity index (χ4n) is 1.70. The van der Waals surface area contributed by atoms with Crippen molar-refractivity contribution in [1.82, 2.24) is 0 Å². The fourth-order valence-corrected chi connectivity index (χ4v) is 1.70. The molecule has 1 aliphatic rings. The van der Waals surface area contributed by atoms with Crippen molar-refractivity contribution in [3.63, 3.8) is 0 Å². The van der Waals surface area contributed by atoms with Crippen LogP contribution >= 0.6 is 0 Å². The molecule has 0 aromatic heterocycles. The van der Waals surface area contributed by atoms with Crippen molar-refractivity contribution in [2.24, 2.45) is 5.41 Å². The molecule has 0 spiro atoms. The van der Waals surface area contributed by atoms with Crippen LogP contribution in [0.15, 0.2) is 11.6 Å². The summed E-state index contributed by atoms with van der Waals surface area (Å²) in [6.07, 6.45) is 5.97. The predicted molar refractivity (Wildman–Crippen MR) is 51.0 cm³/mol. The Labute approximate surface area is 74.9 Å². The Balaban J connectivity index is 2.78. The standard InChI is InChI=1S/C11H18O/c1-4-5-9-8-11(2,3)7-6-10(9)12/h8H,4-7H2,1-3H3. The van der Waals surface area contributed by atoms with Crippen molar-refractivity contribution >= 4 is 5.78 Å². The van der Waals surface area contributed by atoms with Crippen LogP contribution in [0.4, 0.5) is 0 Å². The largest absolute Gasteiger partial charge is 0.295 e. The molecule has 0 amide bonds. The number of carbonyl (C=O) groups excluding carboxylic acids is 1. The van der Waals surface area contributed by atoms with Gasteiger partial charge in [-0.3, -0.25) is 4.79 Å². The molecule has 1 nitrogen and oxygen atoms in total. The van der Waals surface area contributed by atoms with E-state index in [9.17, 15) is 4.79 Å². The van der Waals surface area contributed by atoms with Crippen LogP contribution < -0.4 is 0 Å². The monoisotopic (exact) mass is 166 g/mol. The van der Waals surface area contributed by atoms with Gasteiger partial charge in [-0.25, -0.2) is 0 Å². The molecule has 0 atom stereocenters. The van der Waals surface area contributed by atoms with Crippen LogP contribution in [0.3, 0.4) is 0 Å². The summed E-state index contributed by atoms with van der Waals surface area (Å²) in [5.74, 6) is 0.371. The molecule has 0 heterocycles. The summed E-state index contributed by atoms with van der Waals surface area (Å²) in [7, 11) is 0. The zero-order valence-electron chi connectivity index (χ0n) is 8.31. The Morgan fingerprint density at radius 2 is 2.17 bits per heavy atom. The first-order valence-electron chi connectivity index (χ1n) is 4.80. The van der Waals surface area contributed by atoms with E-state index in [1.54, 1.807) is 0 Å². The van der Waals surface area contributed by atoms with Gasteiger partial charge in [0, 0.05) is 6.42 Å². The van der Waals surface area contributed by atoms with Crippen molar-refractivity contribution in [2.75, 3.05) is 0 Å². The zero-order valence-corrected chi connectivity index (χ0v) is 8.31. The maximum atomic E-state index is 11.4. The summed E-state index contributed by atoms with van der Waals surface area (Å²) >= 11 is 0. The normalized spacial score (nSPS) is 22.2. The van der Waals surface area contributed by atoms with E-state index >= 15 is 0 Å². The molecular formula is C11H18O. The minimum Gasteiger partial charge on any atom is -0.295 e. The van der Waals surface area contributed by atoms with Gasteiger partial charge in [-0.2, -0.15) is 0 Å². The molecule has 0 bridgehead atoms. The van der Waals surface area contributed by atoms with E-state index in [1.807, 2.05) is 0 Å². The molecule has 1 heteroatoms. The van der Waals surface area contributed by atoms with Crippen LogP contribution in [0.5, 0.6) is 0 Å². The van der Waals surface area contributed by atoms with Crippen molar-refractivity contribution in [3.05, 3.63) is 11.6 Å². The van der Waals surface area contributed by atoms with Gasteiger partial charge in [-0.05, 0) is 23.8 Å². The van der Waals surface area contributed by atoms with Crippen LogP contribution in [0.2, 0.25) is 0 Å². The van der Waals surface area contributed by atoms with Gasteiger partial charge < -0.3 is 0 Å². The first-order chi connectivity index (χ1) is 5.55. The number of hydrogen-bond acceptors (Lipinski definition) is 1. The average molecular weight is 166 g/mol. The van der Waals surface area contributed by atoms with E-state index in [0.717, 1.165) is 31.3 Å². The van der Waals surface area contributed by atoms with E-state index in [4.69, 9.17) is 0 Å². The van der Waals surface area contributed by atoms with E-state index in [-0.39, 0.29) is 5.41 Å². The van der Waals surface area contributed by atoms with Crippen molar-refractivity contribution in [2.45, 2.75) is 46.5 Å². The highest BCUT2D eigenvalue weighted by Crippen LogP contribution is 2.32. The SMILES string of the molecule is CCCC1=CC(C)(C)CCC1=O. The van der Waals surface area contributed by atoms with E-state index < -0.39 is 0 Å². The lowest BCUT2D eigenvalue weighted by Crippen LogP contribution is -2.19. The topological polar surface area (TPSA) is 17.1 Å². The van der Waals surface area contributed by atoms with Gasteiger partial charge in [0.15, 0.2) is 5.78 Å². The number of ketones is 1. The van der Waals surface area contributed by atoms with Crippen LogP contribution in [0, 0.1) is 5.41 Å². The smallest absolute Gasteiger partial charge is 0.158 e. The summed E-state index contributed by atoms with van der Waals surface area (Å²) in [6, 6.07) is 0. The molecule has 0 aromatic carbocycles. The number of rotatable bonds is 2. The molecule has 0 fully saturated rings. The molecule has 0 aliphatic heterocycles. The lowest BCUT2D eigenvalue weighted by molar-refractivity contribution is -0.116. The lowest BCUT2D eigenvalue weighted by atomic mass is 9.78. The molecule has 0 radical (unpaired) electrons. The van der Waals surface area contributed by atoms with Gasteiger partial charge in [-0.15, -0.1) is 0 Å². The molecule has 1 aliphatic carbocycles. The minimum atomic E-state index is 0.248. The van der Waals surface area contributed by atoms with Gasteiger partial charge in [-0.1, -0.05) is 33.3 Å². The van der Waals surface area contributed by atoms with Crippen LogP contribution in [-0.2, 0) is 4.79 Å². The van der Waals surface area contributed by atoms with Crippen molar-refractivity contribution in [1.29, 1.82) is 0 Å². The molecule has 12 heavy (non-hydrogen) atoms. The molecule has 0 aromatic rings. The van der Waals surface area contributed by atoms with Gasteiger partial charge >= 0.3 is 0 Å². The van der Waals surface area contributed by atoms with Gasteiger partial charge in [0.05, 0.1) is 0 Å². The molecule has 0 unspecified atom stereocenters. The Bertz CT molecular complexity index is 211. The Morgan fingerprint density at radius 1 is 1.50 bits per heavy atom. The minimum absolute atomic E-state index is 0.248. The van der Waals surface area contributed by atoms with E-state index in [1.165, 1.54) is 0 Å². The zero-order chi connectivity index (χ0) is 9.19. The number of Topliss-reactive ketones (excluding diaryl/α,β-unsaturated/α-hetero) is 1. The lowest BCUT2D eigenvalue weighted by Gasteiger charge is -2.26. The van der Waals surface area contributed by atoms with Crippen LogP contribution in [0.1, 0.15) is 46.5 Å². The second-order valence-corrected chi connectivity index (χ2v) is 4.33. The number of allylic oxidation sites excluding steroid dienone is 2. The Kier molecular flexibility index (Phi) is 2.71.